The van der Waals surface area contributed by atoms with E-state index in [1.54, 1.807) is 23.4 Å². The van der Waals surface area contributed by atoms with Crippen molar-refractivity contribution in [3.8, 4) is 0 Å². The number of urea groups is 1. The van der Waals surface area contributed by atoms with Gasteiger partial charge in [0.15, 0.2) is 0 Å². The Kier molecular flexibility index (Phi) is 3.96. The number of amidine groups is 1. The van der Waals surface area contributed by atoms with Gasteiger partial charge in [-0.2, -0.15) is 0 Å². The third-order valence-electron chi connectivity index (χ3n) is 4.24. The van der Waals surface area contributed by atoms with Crippen molar-refractivity contribution in [3.63, 3.8) is 0 Å². The maximum atomic E-state index is 12.8. The van der Waals surface area contributed by atoms with Crippen molar-refractivity contribution in [2.45, 2.75) is 19.9 Å². The summed E-state index contributed by atoms with van der Waals surface area (Å²) in [4.78, 5) is 32.4. The molecule has 0 spiro atoms. The van der Waals surface area contributed by atoms with Gasteiger partial charge < -0.3 is 4.74 Å². The maximum Gasteiger partial charge on any atom is 0.421 e. The van der Waals surface area contributed by atoms with E-state index in [-0.39, 0.29) is 12.5 Å². The Morgan fingerprint density at radius 2 is 2.04 bits per heavy atom. The molecule has 0 aliphatic carbocycles. The molecule has 0 saturated carbocycles. The molecule has 9 nitrogen and oxygen atoms in total. The summed E-state index contributed by atoms with van der Waals surface area (Å²) in [6.45, 7) is 4.32. The molecule has 1 atom stereocenters. The molecule has 0 aromatic carbocycles. The van der Waals surface area contributed by atoms with Gasteiger partial charge >= 0.3 is 12.0 Å². The second-order valence-electron chi connectivity index (χ2n) is 5.95. The fraction of sp³-hybridized carbons (Fsp3) is 0.533. The van der Waals surface area contributed by atoms with Gasteiger partial charge in [0.1, 0.15) is 5.69 Å². The molecule has 0 bridgehead atoms. The number of hydrogen-bond donors (Lipinski definition) is 0. The first kappa shape index (κ1) is 16.3. The van der Waals surface area contributed by atoms with E-state index in [1.165, 1.54) is 16.9 Å². The average Bonchev–Trinajstić information content (AvgIpc) is 3.04. The molecule has 1 saturated heterocycles. The molecular weight excluding hydrogens is 312 g/mol. The Bertz CT molecular complexity index is 778. The zero-order valence-corrected chi connectivity index (χ0v) is 14.5. The summed E-state index contributed by atoms with van der Waals surface area (Å²) in [6.07, 6.45) is 0. The first-order valence-corrected chi connectivity index (χ1v) is 7.66. The third-order valence-corrected chi connectivity index (χ3v) is 4.24. The van der Waals surface area contributed by atoms with Gasteiger partial charge in [0.25, 0.3) is 5.91 Å². The molecule has 1 fully saturated rings. The van der Waals surface area contributed by atoms with Gasteiger partial charge in [-0.1, -0.05) is 4.99 Å². The van der Waals surface area contributed by atoms with Gasteiger partial charge in [-0.15, -0.1) is 9.78 Å². The van der Waals surface area contributed by atoms with Crippen molar-refractivity contribution in [3.05, 3.63) is 17.5 Å². The Balaban J connectivity index is 2.03. The van der Waals surface area contributed by atoms with Crippen molar-refractivity contribution < 1.29 is 18.9 Å². The molecule has 1 aromatic rings. The monoisotopic (exact) mass is 333 g/mol. The highest BCUT2D eigenvalue weighted by molar-refractivity contribution is 6.22. The molecule has 3 amide bonds. The fourth-order valence-corrected chi connectivity index (χ4v) is 3.00. The number of aromatic nitrogens is 2. The number of likely N-dealkylation sites (N-methyl/N-ethyl adjacent to an activating group) is 2. The number of carbonyl (C=O) groups excluding carboxylic acids is 2. The van der Waals surface area contributed by atoms with E-state index < -0.39 is 12.1 Å². The molecular formula is C15H21N6O3+. The number of amides is 3. The molecule has 1 unspecified atom stereocenters. The lowest BCUT2D eigenvalue weighted by atomic mass is 10.1. The zero-order chi connectivity index (χ0) is 17.6. The predicted molar refractivity (Wildman–Crippen MR) is 86.3 cm³/mol. The molecule has 2 aliphatic rings. The average molecular weight is 333 g/mol. The van der Waals surface area contributed by atoms with Crippen LogP contribution in [0.2, 0.25) is 0 Å². The van der Waals surface area contributed by atoms with Crippen LogP contribution in [0.15, 0.2) is 11.1 Å². The number of hydrogen-bond acceptors (Lipinski definition) is 5. The van der Waals surface area contributed by atoms with Crippen LogP contribution in [0.4, 0.5) is 4.79 Å². The predicted octanol–water partition coefficient (Wildman–Crippen LogP) is -0.333. The highest BCUT2D eigenvalue weighted by Crippen LogP contribution is 2.20. The molecule has 2 aliphatic heterocycles. The molecule has 128 valence electrons. The lowest BCUT2D eigenvalue weighted by molar-refractivity contribution is -0.507. The quantitative estimate of drug-likeness (QED) is 0.709. The summed E-state index contributed by atoms with van der Waals surface area (Å²) in [5, 5.41) is 4.42. The highest BCUT2D eigenvalue weighted by Gasteiger charge is 2.52. The molecule has 1 aromatic heterocycles. The van der Waals surface area contributed by atoms with Crippen molar-refractivity contribution in [1.29, 1.82) is 0 Å². The molecule has 3 rings (SSSR count). The van der Waals surface area contributed by atoms with Crippen LogP contribution in [0.5, 0.6) is 0 Å². The summed E-state index contributed by atoms with van der Waals surface area (Å²) in [6, 6.07) is 0.906. The number of methoxy groups -OCH3 is 1. The van der Waals surface area contributed by atoms with Gasteiger partial charge in [-0.05, 0) is 19.9 Å². The standard InChI is InChI=1S/C15H21N6O3/c1-9-8-10(2)21(17-9)14-16-12-11(18(14)3)13(22)20(6-7-24-5)15(23)19(12)4/h8,11H,6-7H2,1-5H3/q+1. The molecule has 3 heterocycles. The van der Waals surface area contributed by atoms with Gasteiger partial charge in [0.2, 0.25) is 11.9 Å². The molecule has 9 heteroatoms. The summed E-state index contributed by atoms with van der Waals surface area (Å²) >= 11 is 0. The number of aryl methyl sites for hydroxylation is 2. The van der Waals surface area contributed by atoms with Crippen LogP contribution >= 0.6 is 0 Å². The summed E-state index contributed by atoms with van der Waals surface area (Å²) in [5.74, 6) is 0.652. The SMILES string of the molecule is COCCN1C(=O)C2C(=NC(n3nc(C)cc3C)=[N+]2C)N(C)C1=O. The van der Waals surface area contributed by atoms with E-state index in [2.05, 4.69) is 10.1 Å². The molecule has 24 heavy (non-hydrogen) atoms. The van der Waals surface area contributed by atoms with E-state index in [1.807, 2.05) is 19.9 Å². The van der Waals surface area contributed by atoms with Gasteiger partial charge in [0, 0.05) is 14.2 Å². The number of nitrogens with zero attached hydrogens (tertiary/aromatic N) is 6. The second kappa shape index (κ2) is 5.82. The maximum absolute atomic E-state index is 12.8. The zero-order valence-electron chi connectivity index (χ0n) is 14.5. The first-order chi connectivity index (χ1) is 11.4. The van der Waals surface area contributed by atoms with Gasteiger partial charge in [0.05, 0.1) is 25.9 Å². The lowest BCUT2D eigenvalue weighted by Gasteiger charge is -2.33. The van der Waals surface area contributed by atoms with Crippen LogP contribution in [0.1, 0.15) is 11.4 Å². The van der Waals surface area contributed by atoms with E-state index in [9.17, 15) is 9.59 Å². The number of fused-ring (bicyclic) bond motifs is 1. The minimum Gasteiger partial charge on any atom is -0.383 e. The fourth-order valence-electron chi connectivity index (χ4n) is 3.00. The van der Waals surface area contributed by atoms with Crippen LogP contribution in [0.25, 0.3) is 0 Å². The van der Waals surface area contributed by atoms with Crippen LogP contribution < -0.4 is 0 Å². The van der Waals surface area contributed by atoms with E-state index in [4.69, 9.17) is 4.74 Å². The number of ether oxygens (including phenoxy) is 1. The van der Waals surface area contributed by atoms with E-state index >= 15 is 0 Å². The van der Waals surface area contributed by atoms with Crippen LogP contribution in [0.3, 0.4) is 0 Å². The van der Waals surface area contributed by atoms with Crippen LogP contribution in [-0.4, -0.2) is 88.3 Å². The number of aliphatic imine (C=N–C) groups is 1. The summed E-state index contributed by atoms with van der Waals surface area (Å²) in [7, 11) is 4.94. The third kappa shape index (κ3) is 2.32. The molecule has 0 radical (unpaired) electrons. The van der Waals surface area contributed by atoms with Crippen LogP contribution in [-0.2, 0) is 9.53 Å². The lowest BCUT2D eigenvalue weighted by Crippen LogP contribution is -2.62. The highest BCUT2D eigenvalue weighted by atomic mass is 16.5. The van der Waals surface area contributed by atoms with Crippen molar-refractivity contribution in [2.75, 3.05) is 34.4 Å². The largest absolute Gasteiger partial charge is 0.421 e. The number of imide groups is 1. The summed E-state index contributed by atoms with van der Waals surface area (Å²) < 4.78 is 8.43. The van der Waals surface area contributed by atoms with Gasteiger partial charge in [-0.3, -0.25) is 14.6 Å². The molecule has 0 N–H and O–H groups in total. The minimum atomic E-state index is -0.636. The first-order valence-electron chi connectivity index (χ1n) is 7.66. The summed E-state index contributed by atoms with van der Waals surface area (Å²) in [5.41, 5.74) is 1.77. The normalized spacial score (nSPS) is 20.9. The van der Waals surface area contributed by atoms with Gasteiger partial charge in [-0.25, -0.2) is 9.37 Å². The topological polar surface area (TPSA) is 83.0 Å². The van der Waals surface area contributed by atoms with E-state index in [0.29, 0.717) is 18.4 Å². The number of rotatable bonds is 3. The Hall–Kier alpha value is -2.55. The minimum absolute atomic E-state index is 0.214. The van der Waals surface area contributed by atoms with Crippen molar-refractivity contribution >= 4 is 23.7 Å². The van der Waals surface area contributed by atoms with Crippen LogP contribution in [0, 0.1) is 13.8 Å². The second-order valence-corrected chi connectivity index (χ2v) is 5.95. The Morgan fingerprint density at radius 3 is 2.62 bits per heavy atom. The number of carbonyl (C=O) groups is 2. The Labute approximate surface area is 139 Å². The Morgan fingerprint density at radius 1 is 1.33 bits per heavy atom. The smallest absolute Gasteiger partial charge is 0.383 e. The van der Waals surface area contributed by atoms with E-state index in [0.717, 1.165) is 11.4 Å². The van der Waals surface area contributed by atoms with Crippen molar-refractivity contribution in [1.82, 2.24) is 19.6 Å². The van der Waals surface area contributed by atoms with Crippen molar-refractivity contribution in [2.24, 2.45) is 4.99 Å².